The van der Waals surface area contributed by atoms with Crippen LogP contribution in [0.3, 0.4) is 0 Å². The molecule has 3 atom stereocenters. The first-order valence-electron chi connectivity index (χ1n) is 9.21. The summed E-state index contributed by atoms with van der Waals surface area (Å²) in [5, 5.41) is 10.0. The molecule has 1 fully saturated rings. The van der Waals surface area contributed by atoms with E-state index in [0.29, 0.717) is 6.42 Å². The van der Waals surface area contributed by atoms with Gasteiger partial charge in [0.05, 0.1) is 12.5 Å². The van der Waals surface area contributed by atoms with Gasteiger partial charge in [-0.05, 0) is 30.4 Å². The zero-order valence-electron chi connectivity index (χ0n) is 16.2. The van der Waals surface area contributed by atoms with E-state index in [1.807, 2.05) is 0 Å². The number of fused-ring (bicyclic) bond motifs is 1. The van der Waals surface area contributed by atoms with Gasteiger partial charge in [0.25, 0.3) is 0 Å². The number of cyclic esters (lactones) is 1. The largest absolute Gasteiger partial charge is 0.487 e. The number of aliphatic hydroxyl groups is 1. The molecular formula is C21H30O4. The molecule has 25 heavy (non-hydrogen) atoms. The third-order valence-corrected chi connectivity index (χ3v) is 5.28. The molecule has 1 N–H and O–H groups in total. The molecule has 2 aliphatic rings. The van der Waals surface area contributed by atoms with Crippen LogP contribution in [0.25, 0.3) is 0 Å². The topological polar surface area (TPSA) is 55.8 Å². The highest BCUT2D eigenvalue weighted by molar-refractivity contribution is 5.71. The third kappa shape index (κ3) is 3.55. The number of benzene rings is 1. The van der Waals surface area contributed by atoms with Gasteiger partial charge in [-0.1, -0.05) is 39.8 Å². The minimum Gasteiger partial charge on any atom is -0.487 e. The Bertz CT molecular complexity index is 684. The Balaban J connectivity index is 2.07. The van der Waals surface area contributed by atoms with E-state index in [1.54, 1.807) is 0 Å². The van der Waals surface area contributed by atoms with E-state index in [1.165, 1.54) is 11.1 Å². The molecule has 0 saturated carbocycles. The number of ether oxygens (including phenoxy) is 2. The summed E-state index contributed by atoms with van der Waals surface area (Å²) >= 11 is 0. The molecule has 2 aliphatic heterocycles. The van der Waals surface area contributed by atoms with Gasteiger partial charge < -0.3 is 14.6 Å². The lowest BCUT2D eigenvalue weighted by molar-refractivity contribution is -0.161. The van der Waals surface area contributed by atoms with Crippen molar-refractivity contribution in [3.8, 4) is 5.75 Å². The van der Waals surface area contributed by atoms with Crippen LogP contribution in [0.5, 0.6) is 5.75 Å². The summed E-state index contributed by atoms with van der Waals surface area (Å²) in [5.41, 5.74) is 3.28. The molecule has 0 amide bonds. The van der Waals surface area contributed by atoms with E-state index in [-0.39, 0.29) is 35.4 Å². The fourth-order valence-corrected chi connectivity index (χ4v) is 4.08. The van der Waals surface area contributed by atoms with Crippen LogP contribution in [0.1, 0.15) is 77.0 Å². The molecule has 0 radical (unpaired) electrons. The first-order chi connectivity index (χ1) is 11.5. The summed E-state index contributed by atoms with van der Waals surface area (Å²) in [4.78, 5) is 11.8. The SMILES string of the molecule is CC(c1c(C(C)(C)C)ccc2c1OC(C)(C)C2)[C@@H]1C[C@@H](O)CC(=O)O1. The van der Waals surface area contributed by atoms with Crippen molar-refractivity contribution in [2.45, 2.75) is 89.9 Å². The van der Waals surface area contributed by atoms with Crippen LogP contribution in [0.4, 0.5) is 0 Å². The normalized spacial score (nSPS) is 26.6. The second-order valence-corrected chi connectivity index (χ2v) is 9.21. The molecule has 0 bridgehead atoms. The van der Waals surface area contributed by atoms with Gasteiger partial charge in [0, 0.05) is 24.3 Å². The van der Waals surface area contributed by atoms with E-state index < -0.39 is 6.10 Å². The van der Waals surface area contributed by atoms with Crippen LogP contribution in [-0.2, 0) is 21.4 Å². The molecule has 1 unspecified atom stereocenters. The van der Waals surface area contributed by atoms with Crippen LogP contribution in [0, 0.1) is 0 Å². The molecule has 0 spiro atoms. The average molecular weight is 346 g/mol. The first-order valence-corrected chi connectivity index (χ1v) is 9.21. The van der Waals surface area contributed by atoms with Gasteiger partial charge in [-0.3, -0.25) is 4.79 Å². The smallest absolute Gasteiger partial charge is 0.308 e. The summed E-state index contributed by atoms with van der Waals surface area (Å²) in [6.07, 6.45) is 0.492. The van der Waals surface area contributed by atoms with Crippen molar-refractivity contribution in [3.05, 3.63) is 28.8 Å². The number of hydrogen-bond donors (Lipinski definition) is 1. The zero-order chi connectivity index (χ0) is 18.6. The molecule has 1 aromatic rings. The fourth-order valence-electron chi connectivity index (χ4n) is 4.08. The van der Waals surface area contributed by atoms with Crippen molar-refractivity contribution in [2.24, 2.45) is 0 Å². The molecule has 1 aromatic carbocycles. The van der Waals surface area contributed by atoms with Crippen molar-refractivity contribution in [2.75, 3.05) is 0 Å². The molecule has 0 aliphatic carbocycles. The van der Waals surface area contributed by atoms with E-state index in [9.17, 15) is 9.90 Å². The van der Waals surface area contributed by atoms with E-state index in [0.717, 1.165) is 17.7 Å². The summed E-state index contributed by atoms with van der Waals surface area (Å²) in [5.74, 6) is 0.597. The minimum absolute atomic E-state index is 0.0306. The Labute approximate surface area is 150 Å². The molecule has 1 saturated heterocycles. The van der Waals surface area contributed by atoms with Gasteiger partial charge >= 0.3 is 5.97 Å². The summed E-state index contributed by atoms with van der Waals surface area (Å²) < 4.78 is 11.9. The lowest BCUT2D eigenvalue weighted by Crippen LogP contribution is -2.36. The standard InChI is InChI=1S/C21H30O4/c1-12(16-9-14(22)10-17(23)24-16)18-15(20(2,3)4)8-7-13-11-21(5,6)25-19(13)18/h7-8,12,14,16,22H,9-11H2,1-6H3/t12?,14-,16+/m1/s1. The zero-order valence-corrected chi connectivity index (χ0v) is 16.2. The fraction of sp³-hybridized carbons (Fsp3) is 0.667. The Kier molecular flexibility index (Phi) is 4.39. The predicted octanol–water partition coefficient (Wildman–Crippen LogP) is 3.87. The van der Waals surface area contributed by atoms with Crippen molar-refractivity contribution in [1.29, 1.82) is 0 Å². The van der Waals surface area contributed by atoms with Crippen LogP contribution in [-0.4, -0.2) is 28.9 Å². The number of rotatable bonds is 2. The van der Waals surface area contributed by atoms with Crippen LogP contribution >= 0.6 is 0 Å². The van der Waals surface area contributed by atoms with Gasteiger partial charge in [0.2, 0.25) is 0 Å². The molecule has 4 nitrogen and oxygen atoms in total. The van der Waals surface area contributed by atoms with Crippen molar-refractivity contribution >= 4 is 5.97 Å². The minimum atomic E-state index is -0.624. The maximum absolute atomic E-state index is 11.8. The molecule has 2 heterocycles. The predicted molar refractivity (Wildman–Crippen MR) is 97.1 cm³/mol. The van der Waals surface area contributed by atoms with E-state index >= 15 is 0 Å². The average Bonchev–Trinajstić information content (AvgIpc) is 2.77. The highest BCUT2D eigenvalue weighted by atomic mass is 16.5. The second-order valence-electron chi connectivity index (χ2n) is 9.21. The second kappa shape index (κ2) is 6.01. The first kappa shape index (κ1) is 18.2. The highest BCUT2D eigenvalue weighted by Crippen LogP contribution is 2.47. The molecule has 4 heteroatoms. The van der Waals surface area contributed by atoms with Crippen molar-refractivity contribution in [1.82, 2.24) is 0 Å². The van der Waals surface area contributed by atoms with Gasteiger partial charge in [-0.25, -0.2) is 0 Å². The summed E-state index contributed by atoms with van der Waals surface area (Å²) in [6.45, 7) is 12.8. The van der Waals surface area contributed by atoms with Gasteiger partial charge in [-0.15, -0.1) is 0 Å². The van der Waals surface area contributed by atoms with Crippen molar-refractivity contribution in [3.63, 3.8) is 0 Å². The number of carbonyl (C=O) groups is 1. The number of aliphatic hydroxyl groups excluding tert-OH is 1. The number of esters is 1. The Morgan fingerprint density at radius 2 is 1.96 bits per heavy atom. The Hall–Kier alpha value is -1.55. The maximum Gasteiger partial charge on any atom is 0.308 e. The molecular weight excluding hydrogens is 316 g/mol. The Morgan fingerprint density at radius 1 is 1.28 bits per heavy atom. The third-order valence-electron chi connectivity index (χ3n) is 5.28. The van der Waals surface area contributed by atoms with Crippen LogP contribution in [0.15, 0.2) is 12.1 Å². The van der Waals surface area contributed by atoms with Crippen molar-refractivity contribution < 1.29 is 19.4 Å². The monoisotopic (exact) mass is 346 g/mol. The highest BCUT2D eigenvalue weighted by Gasteiger charge is 2.39. The molecule has 3 rings (SSSR count). The van der Waals surface area contributed by atoms with Crippen LogP contribution < -0.4 is 4.74 Å². The Morgan fingerprint density at radius 3 is 2.56 bits per heavy atom. The van der Waals surface area contributed by atoms with Crippen LogP contribution in [0.2, 0.25) is 0 Å². The van der Waals surface area contributed by atoms with Gasteiger partial charge in [0.1, 0.15) is 17.5 Å². The maximum atomic E-state index is 11.8. The van der Waals surface area contributed by atoms with E-state index in [4.69, 9.17) is 9.47 Å². The molecule has 0 aromatic heterocycles. The lowest BCUT2D eigenvalue weighted by atomic mass is 9.76. The number of hydrogen-bond acceptors (Lipinski definition) is 4. The molecule has 138 valence electrons. The summed E-state index contributed by atoms with van der Waals surface area (Å²) in [6, 6.07) is 4.36. The summed E-state index contributed by atoms with van der Waals surface area (Å²) in [7, 11) is 0. The lowest BCUT2D eigenvalue weighted by Gasteiger charge is -2.34. The number of carbonyl (C=O) groups excluding carboxylic acids is 1. The van der Waals surface area contributed by atoms with Gasteiger partial charge in [0.15, 0.2) is 0 Å². The van der Waals surface area contributed by atoms with Gasteiger partial charge in [-0.2, -0.15) is 0 Å². The van der Waals surface area contributed by atoms with E-state index in [2.05, 4.69) is 53.7 Å². The quantitative estimate of drug-likeness (QED) is 0.826.